The third kappa shape index (κ3) is 4.29. The number of carbonyl (C=O) groups excluding carboxylic acids is 1. The van der Waals surface area contributed by atoms with Gasteiger partial charge in [0.25, 0.3) is 11.5 Å². The Bertz CT molecular complexity index is 1500. The van der Waals surface area contributed by atoms with Crippen molar-refractivity contribution in [1.82, 2.24) is 24.5 Å². The summed E-state index contributed by atoms with van der Waals surface area (Å²) >= 11 is 0. The van der Waals surface area contributed by atoms with Crippen LogP contribution in [0.3, 0.4) is 0 Å². The fourth-order valence-electron chi connectivity index (χ4n) is 4.23. The van der Waals surface area contributed by atoms with Gasteiger partial charge in [-0.05, 0) is 24.1 Å². The Morgan fingerprint density at radius 3 is 2.66 bits per heavy atom. The van der Waals surface area contributed by atoms with Crippen LogP contribution in [0.1, 0.15) is 57.5 Å². The van der Waals surface area contributed by atoms with Crippen molar-refractivity contribution >= 4 is 11.6 Å². The number of rotatable bonds is 6. The molecule has 0 saturated heterocycles. The molecule has 11 nitrogen and oxygen atoms in total. The SMILES string of the molecule is Cc1cn(C)nc1[C@H](c1ccccc1C#N)[C@H](C)c1nc(C(=O)Nc2cnoc2)c(O)c(=O)n1C. The molecule has 0 bridgehead atoms. The first-order valence-corrected chi connectivity index (χ1v) is 10.7. The van der Waals surface area contributed by atoms with Crippen LogP contribution in [0.15, 0.2) is 52.2 Å². The standard InChI is InChI=1S/C24H23N7O4/c1-13-11-30(3)29-19(13)18(17-8-6-5-7-15(17)9-25)14(2)22-28-20(21(32)24(34)31(22)4)23(33)27-16-10-26-35-12-16/h5-8,10-12,14,18,32H,1-4H3,(H,27,33)/t14-,18-/m0/s1. The highest BCUT2D eigenvalue weighted by Crippen LogP contribution is 2.39. The molecule has 0 aliphatic rings. The molecule has 1 aromatic carbocycles. The van der Waals surface area contributed by atoms with Crippen molar-refractivity contribution in [2.24, 2.45) is 14.1 Å². The number of anilines is 1. The molecule has 3 heterocycles. The third-order valence-electron chi connectivity index (χ3n) is 5.87. The minimum Gasteiger partial charge on any atom is -0.501 e. The summed E-state index contributed by atoms with van der Waals surface area (Å²) in [5, 5.41) is 30.8. The molecule has 4 rings (SSSR count). The highest BCUT2D eigenvalue weighted by molar-refractivity contribution is 6.04. The second-order valence-electron chi connectivity index (χ2n) is 8.24. The Morgan fingerprint density at radius 2 is 2.03 bits per heavy atom. The van der Waals surface area contributed by atoms with E-state index in [1.165, 1.54) is 24.1 Å². The molecule has 2 N–H and O–H groups in total. The summed E-state index contributed by atoms with van der Waals surface area (Å²) in [4.78, 5) is 30.1. The molecule has 0 radical (unpaired) electrons. The van der Waals surface area contributed by atoms with Gasteiger partial charge < -0.3 is 14.9 Å². The molecule has 0 aliphatic carbocycles. The normalized spacial score (nSPS) is 12.7. The first-order chi connectivity index (χ1) is 16.7. The Kier molecular flexibility index (Phi) is 6.20. The molecule has 0 unspecified atom stereocenters. The number of hydrogen-bond donors (Lipinski definition) is 2. The van der Waals surface area contributed by atoms with Crippen LogP contribution in [-0.4, -0.2) is 35.5 Å². The lowest BCUT2D eigenvalue weighted by atomic mass is 9.80. The summed E-state index contributed by atoms with van der Waals surface area (Å²) in [6.45, 7) is 3.76. The topological polar surface area (TPSA) is 152 Å². The molecule has 3 aromatic heterocycles. The molecule has 4 aromatic rings. The largest absolute Gasteiger partial charge is 0.501 e. The average Bonchev–Trinajstić information content (AvgIpc) is 3.47. The van der Waals surface area contributed by atoms with Crippen LogP contribution in [0.4, 0.5) is 5.69 Å². The van der Waals surface area contributed by atoms with E-state index in [9.17, 15) is 20.0 Å². The first kappa shape index (κ1) is 23.4. The van der Waals surface area contributed by atoms with Crippen molar-refractivity contribution in [3.63, 3.8) is 0 Å². The molecule has 1 amide bonds. The number of aryl methyl sites for hydroxylation is 2. The van der Waals surface area contributed by atoms with Gasteiger partial charge in [-0.1, -0.05) is 30.3 Å². The number of hydrogen-bond acceptors (Lipinski definition) is 8. The Balaban J connectivity index is 1.88. The molecule has 178 valence electrons. The predicted octanol–water partition coefficient (Wildman–Crippen LogP) is 2.58. The Morgan fingerprint density at radius 1 is 1.29 bits per heavy atom. The van der Waals surface area contributed by atoms with Gasteiger partial charge >= 0.3 is 0 Å². The van der Waals surface area contributed by atoms with E-state index in [-0.39, 0.29) is 11.5 Å². The monoisotopic (exact) mass is 473 g/mol. The van der Waals surface area contributed by atoms with Gasteiger partial charge in [-0.25, -0.2) is 4.98 Å². The van der Waals surface area contributed by atoms with Gasteiger partial charge in [-0.15, -0.1) is 0 Å². The van der Waals surface area contributed by atoms with E-state index in [2.05, 4.69) is 26.6 Å². The number of nitriles is 1. The molecule has 0 fully saturated rings. The lowest BCUT2D eigenvalue weighted by Gasteiger charge is -2.26. The van der Waals surface area contributed by atoms with Crippen LogP contribution < -0.4 is 10.9 Å². The summed E-state index contributed by atoms with van der Waals surface area (Å²) in [5.74, 6) is -2.31. The number of carbonyl (C=O) groups is 1. The zero-order valence-corrected chi connectivity index (χ0v) is 19.6. The van der Waals surface area contributed by atoms with Crippen molar-refractivity contribution in [3.8, 4) is 11.8 Å². The smallest absolute Gasteiger partial charge is 0.296 e. The molecule has 35 heavy (non-hydrogen) atoms. The molecule has 2 atom stereocenters. The highest BCUT2D eigenvalue weighted by Gasteiger charge is 2.33. The number of nitrogens with zero attached hydrogens (tertiary/aromatic N) is 6. The van der Waals surface area contributed by atoms with Crippen LogP contribution in [0.25, 0.3) is 0 Å². The van der Waals surface area contributed by atoms with Gasteiger partial charge in [-0.2, -0.15) is 10.4 Å². The van der Waals surface area contributed by atoms with E-state index in [0.717, 1.165) is 5.56 Å². The summed E-state index contributed by atoms with van der Waals surface area (Å²) in [6.07, 6.45) is 4.35. The van der Waals surface area contributed by atoms with E-state index in [1.807, 2.05) is 32.2 Å². The zero-order chi connectivity index (χ0) is 25.3. The lowest BCUT2D eigenvalue weighted by molar-refractivity contribution is 0.101. The number of benzene rings is 1. The fraction of sp³-hybridized carbons (Fsp3) is 0.250. The summed E-state index contributed by atoms with van der Waals surface area (Å²) < 4.78 is 7.59. The van der Waals surface area contributed by atoms with E-state index < -0.39 is 34.7 Å². The Hall–Kier alpha value is -4.72. The average molecular weight is 473 g/mol. The predicted molar refractivity (Wildman–Crippen MR) is 125 cm³/mol. The minimum absolute atomic E-state index is 0.242. The summed E-state index contributed by atoms with van der Waals surface area (Å²) in [6, 6.07) is 9.38. The Labute approximate surface area is 200 Å². The van der Waals surface area contributed by atoms with Crippen LogP contribution in [-0.2, 0) is 14.1 Å². The van der Waals surface area contributed by atoms with Gasteiger partial charge in [-0.3, -0.25) is 18.8 Å². The maximum atomic E-state index is 12.9. The van der Waals surface area contributed by atoms with E-state index >= 15 is 0 Å². The second-order valence-corrected chi connectivity index (χ2v) is 8.24. The van der Waals surface area contributed by atoms with Gasteiger partial charge in [0.15, 0.2) is 5.69 Å². The van der Waals surface area contributed by atoms with E-state index in [1.54, 1.807) is 23.9 Å². The fourth-order valence-corrected chi connectivity index (χ4v) is 4.23. The molecular formula is C24H23N7O4. The third-order valence-corrected chi connectivity index (χ3v) is 5.87. The van der Waals surface area contributed by atoms with Crippen molar-refractivity contribution in [3.05, 3.63) is 87.2 Å². The lowest BCUT2D eigenvalue weighted by Crippen LogP contribution is -2.29. The maximum absolute atomic E-state index is 12.9. The van der Waals surface area contributed by atoms with Crippen molar-refractivity contribution in [1.29, 1.82) is 5.26 Å². The van der Waals surface area contributed by atoms with Crippen LogP contribution >= 0.6 is 0 Å². The number of aromatic nitrogens is 5. The minimum atomic E-state index is -0.792. The first-order valence-electron chi connectivity index (χ1n) is 10.7. The van der Waals surface area contributed by atoms with Gasteiger partial charge in [0.2, 0.25) is 5.75 Å². The van der Waals surface area contributed by atoms with Gasteiger partial charge in [0.05, 0.1) is 23.5 Å². The van der Waals surface area contributed by atoms with Crippen molar-refractivity contribution in [2.75, 3.05) is 5.32 Å². The summed E-state index contributed by atoms with van der Waals surface area (Å²) in [7, 11) is 3.28. The van der Waals surface area contributed by atoms with E-state index in [0.29, 0.717) is 16.8 Å². The molecule has 11 heteroatoms. The van der Waals surface area contributed by atoms with Crippen molar-refractivity contribution < 1.29 is 14.4 Å². The van der Waals surface area contributed by atoms with Gasteiger partial charge in [0, 0.05) is 32.1 Å². The highest BCUT2D eigenvalue weighted by atomic mass is 16.5. The molecule has 0 aliphatic heterocycles. The number of nitrogens with one attached hydrogen (secondary N) is 1. The number of aromatic hydroxyl groups is 1. The van der Waals surface area contributed by atoms with Crippen LogP contribution in [0.2, 0.25) is 0 Å². The van der Waals surface area contributed by atoms with Gasteiger partial charge in [0.1, 0.15) is 17.8 Å². The number of amides is 1. The van der Waals surface area contributed by atoms with E-state index in [4.69, 9.17) is 4.52 Å². The second kappa shape index (κ2) is 9.26. The maximum Gasteiger partial charge on any atom is 0.296 e. The summed E-state index contributed by atoms with van der Waals surface area (Å²) in [5.41, 5.74) is 1.82. The molecule has 0 saturated carbocycles. The van der Waals surface area contributed by atoms with Crippen LogP contribution in [0, 0.1) is 18.3 Å². The zero-order valence-electron chi connectivity index (χ0n) is 19.6. The quantitative estimate of drug-likeness (QED) is 0.433. The van der Waals surface area contributed by atoms with Crippen molar-refractivity contribution in [2.45, 2.75) is 25.7 Å². The van der Waals surface area contributed by atoms with Crippen LogP contribution in [0.5, 0.6) is 5.75 Å². The molecule has 0 spiro atoms. The molecular weight excluding hydrogens is 450 g/mol.